The molecule has 0 aliphatic carbocycles. The zero-order chi connectivity index (χ0) is 17.1. The second kappa shape index (κ2) is 6.63. The number of rotatable bonds is 4. The van der Waals surface area contributed by atoms with Gasteiger partial charge < -0.3 is 14.6 Å². The lowest BCUT2D eigenvalue weighted by molar-refractivity contribution is -0.140. The van der Waals surface area contributed by atoms with E-state index in [2.05, 4.69) is 19.9 Å². The summed E-state index contributed by atoms with van der Waals surface area (Å²) in [6.07, 6.45) is 1.76. The third-order valence-electron chi connectivity index (χ3n) is 3.21. The van der Waals surface area contributed by atoms with E-state index in [0.29, 0.717) is 10.7 Å². The molecule has 122 valence electrons. The van der Waals surface area contributed by atoms with Crippen molar-refractivity contribution in [3.8, 4) is 0 Å². The lowest BCUT2D eigenvalue weighted by Crippen LogP contribution is -2.07. The van der Waals surface area contributed by atoms with E-state index in [4.69, 9.17) is 4.84 Å². The summed E-state index contributed by atoms with van der Waals surface area (Å²) >= 11 is 1.21. The first-order valence-corrected chi connectivity index (χ1v) is 7.84. The van der Waals surface area contributed by atoms with Crippen LogP contribution in [0.3, 0.4) is 0 Å². The molecule has 0 unspecified atom stereocenters. The van der Waals surface area contributed by atoms with E-state index in [1.807, 2.05) is 24.3 Å². The standard InChI is InChI=1S/C16H13N3O4S/c1-9(20)23-19-14(15-18-13(8-24-15)16(21)22-2)11-7-17-12-6-4-3-5-10(11)12/h3-8,17H,1-2H3/b19-14-. The summed E-state index contributed by atoms with van der Waals surface area (Å²) < 4.78 is 4.66. The van der Waals surface area contributed by atoms with Crippen molar-refractivity contribution in [1.82, 2.24) is 9.97 Å². The van der Waals surface area contributed by atoms with Crippen LogP contribution in [0, 0.1) is 0 Å². The van der Waals surface area contributed by atoms with Crippen molar-refractivity contribution in [2.75, 3.05) is 7.11 Å². The number of fused-ring (bicyclic) bond motifs is 1. The third-order valence-corrected chi connectivity index (χ3v) is 4.06. The molecule has 0 atom stereocenters. The maximum absolute atomic E-state index is 11.6. The van der Waals surface area contributed by atoms with Gasteiger partial charge in [0.2, 0.25) is 0 Å². The SMILES string of the molecule is COC(=O)c1csc(/C(=N\OC(C)=O)c2c[nH]c3ccccc23)n1. The Morgan fingerprint density at radius 3 is 2.83 bits per heavy atom. The summed E-state index contributed by atoms with van der Waals surface area (Å²) in [5.74, 6) is -1.08. The summed E-state index contributed by atoms with van der Waals surface area (Å²) in [5, 5.41) is 6.84. The molecule has 24 heavy (non-hydrogen) atoms. The summed E-state index contributed by atoms with van der Waals surface area (Å²) in [4.78, 5) is 34.9. The smallest absolute Gasteiger partial charge is 0.357 e. The molecule has 3 rings (SSSR count). The minimum atomic E-state index is -0.544. The molecule has 0 fully saturated rings. The first-order valence-electron chi connectivity index (χ1n) is 6.96. The van der Waals surface area contributed by atoms with Gasteiger partial charge >= 0.3 is 11.9 Å². The fourth-order valence-electron chi connectivity index (χ4n) is 2.16. The van der Waals surface area contributed by atoms with Gasteiger partial charge in [0.1, 0.15) is 10.7 Å². The highest BCUT2D eigenvalue weighted by atomic mass is 32.1. The Kier molecular flexibility index (Phi) is 4.39. The number of H-pyrrole nitrogens is 1. The fourth-order valence-corrected chi connectivity index (χ4v) is 2.94. The van der Waals surface area contributed by atoms with Gasteiger partial charge in [0.05, 0.1) is 7.11 Å². The van der Waals surface area contributed by atoms with Crippen LogP contribution >= 0.6 is 11.3 Å². The van der Waals surface area contributed by atoms with Gasteiger partial charge in [-0.25, -0.2) is 14.6 Å². The Balaban J connectivity index is 2.10. The number of oxime groups is 1. The number of thiazole rings is 1. The lowest BCUT2D eigenvalue weighted by Gasteiger charge is -2.01. The van der Waals surface area contributed by atoms with E-state index in [0.717, 1.165) is 16.5 Å². The largest absolute Gasteiger partial charge is 0.464 e. The number of benzene rings is 1. The van der Waals surface area contributed by atoms with Crippen molar-refractivity contribution in [1.29, 1.82) is 0 Å². The number of esters is 1. The van der Waals surface area contributed by atoms with Crippen LogP contribution in [0.25, 0.3) is 10.9 Å². The van der Waals surface area contributed by atoms with Gasteiger partial charge in [0, 0.05) is 35.0 Å². The molecule has 1 aromatic carbocycles. The molecule has 0 aliphatic heterocycles. The first-order chi connectivity index (χ1) is 11.6. The predicted octanol–water partition coefficient (Wildman–Crippen LogP) is 2.73. The molecule has 0 spiro atoms. The Morgan fingerprint density at radius 2 is 2.08 bits per heavy atom. The Labute approximate surface area is 140 Å². The molecule has 2 aromatic heterocycles. The minimum Gasteiger partial charge on any atom is -0.464 e. The number of para-hydroxylation sites is 1. The molecule has 0 saturated carbocycles. The number of carbonyl (C=O) groups excluding carboxylic acids is 2. The van der Waals surface area contributed by atoms with Gasteiger partial charge in [0.15, 0.2) is 5.69 Å². The van der Waals surface area contributed by atoms with Crippen LogP contribution in [0.2, 0.25) is 0 Å². The number of ether oxygens (including phenoxy) is 1. The highest BCUT2D eigenvalue weighted by molar-refractivity contribution is 7.12. The average Bonchev–Trinajstić information content (AvgIpc) is 3.22. The quantitative estimate of drug-likeness (QED) is 0.340. The molecule has 0 bridgehead atoms. The second-order valence-corrected chi connectivity index (χ2v) is 5.66. The maximum atomic E-state index is 11.6. The van der Waals surface area contributed by atoms with Crippen molar-refractivity contribution in [2.45, 2.75) is 6.92 Å². The molecule has 0 saturated heterocycles. The van der Waals surface area contributed by atoms with Crippen LogP contribution in [0.5, 0.6) is 0 Å². The monoisotopic (exact) mass is 343 g/mol. The molecule has 8 heteroatoms. The molecule has 0 radical (unpaired) electrons. The van der Waals surface area contributed by atoms with E-state index in [1.54, 1.807) is 11.6 Å². The van der Waals surface area contributed by atoms with Crippen molar-refractivity contribution in [3.05, 3.63) is 52.1 Å². The first kappa shape index (κ1) is 15.9. The number of hydrogen-bond acceptors (Lipinski definition) is 7. The van der Waals surface area contributed by atoms with Crippen molar-refractivity contribution in [2.24, 2.45) is 5.16 Å². The summed E-state index contributed by atoms with van der Waals surface area (Å²) in [5.41, 5.74) is 2.17. The molecule has 1 N–H and O–H groups in total. The van der Waals surface area contributed by atoms with Crippen LogP contribution in [-0.2, 0) is 14.4 Å². The fraction of sp³-hybridized carbons (Fsp3) is 0.125. The maximum Gasteiger partial charge on any atom is 0.357 e. The number of nitrogens with zero attached hydrogens (tertiary/aromatic N) is 2. The predicted molar refractivity (Wildman–Crippen MR) is 89.2 cm³/mol. The number of hydrogen-bond donors (Lipinski definition) is 1. The van der Waals surface area contributed by atoms with Crippen LogP contribution in [-0.4, -0.2) is 34.7 Å². The molecule has 2 heterocycles. The summed E-state index contributed by atoms with van der Waals surface area (Å²) in [6, 6.07) is 7.64. The molecule has 7 nitrogen and oxygen atoms in total. The molecule has 3 aromatic rings. The van der Waals surface area contributed by atoms with Gasteiger partial charge in [-0.05, 0) is 6.07 Å². The normalized spacial score (nSPS) is 11.5. The van der Waals surface area contributed by atoms with Crippen LogP contribution in [0.15, 0.2) is 41.0 Å². The van der Waals surface area contributed by atoms with E-state index < -0.39 is 11.9 Å². The number of nitrogens with one attached hydrogen (secondary N) is 1. The van der Waals surface area contributed by atoms with Gasteiger partial charge in [-0.1, -0.05) is 23.4 Å². The van der Waals surface area contributed by atoms with Crippen molar-refractivity contribution < 1.29 is 19.2 Å². The zero-order valence-corrected chi connectivity index (χ0v) is 13.7. The van der Waals surface area contributed by atoms with E-state index >= 15 is 0 Å². The minimum absolute atomic E-state index is 0.174. The molecule has 0 amide bonds. The van der Waals surface area contributed by atoms with Crippen LogP contribution in [0.1, 0.15) is 28.0 Å². The van der Waals surface area contributed by atoms with E-state index in [9.17, 15) is 9.59 Å². The number of aromatic amines is 1. The highest BCUT2D eigenvalue weighted by Crippen LogP contribution is 2.23. The van der Waals surface area contributed by atoms with Gasteiger partial charge in [-0.2, -0.15) is 0 Å². The summed E-state index contributed by atoms with van der Waals surface area (Å²) in [6.45, 7) is 1.26. The average molecular weight is 343 g/mol. The second-order valence-electron chi connectivity index (χ2n) is 4.80. The van der Waals surface area contributed by atoms with E-state index in [1.165, 1.54) is 25.4 Å². The molecule has 0 aliphatic rings. The number of carbonyl (C=O) groups is 2. The van der Waals surface area contributed by atoms with Crippen LogP contribution in [0.4, 0.5) is 0 Å². The Morgan fingerprint density at radius 1 is 1.29 bits per heavy atom. The van der Waals surface area contributed by atoms with Crippen molar-refractivity contribution in [3.63, 3.8) is 0 Å². The number of aromatic nitrogens is 2. The Bertz CT molecular complexity index is 942. The van der Waals surface area contributed by atoms with Gasteiger partial charge in [0.25, 0.3) is 0 Å². The number of methoxy groups -OCH3 is 1. The highest BCUT2D eigenvalue weighted by Gasteiger charge is 2.19. The van der Waals surface area contributed by atoms with E-state index in [-0.39, 0.29) is 5.69 Å². The van der Waals surface area contributed by atoms with Gasteiger partial charge in [-0.3, -0.25) is 0 Å². The summed E-state index contributed by atoms with van der Waals surface area (Å²) in [7, 11) is 1.29. The Hall–Kier alpha value is -3.00. The topological polar surface area (TPSA) is 93.6 Å². The third kappa shape index (κ3) is 3.04. The molecular formula is C16H13N3O4S. The molecular weight excluding hydrogens is 330 g/mol. The zero-order valence-electron chi connectivity index (χ0n) is 12.9. The van der Waals surface area contributed by atoms with Crippen LogP contribution < -0.4 is 0 Å². The van der Waals surface area contributed by atoms with Gasteiger partial charge in [-0.15, -0.1) is 11.3 Å². The lowest BCUT2D eigenvalue weighted by atomic mass is 10.1. The van der Waals surface area contributed by atoms with Crippen molar-refractivity contribution >= 4 is 39.9 Å².